The summed E-state index contributed by atoms with van der Waals surface area (Å²) in [5.41, 5.74) is 0.729. The highest BCUT2D eigenvalue weighted by Crippen LogP contribution is 2.14. The van der Waals surface area contributed by atoms with Crippen LogP contribution in [0.25, 0.3) is 0 Å². The lowest BCUT2D eigenvalue weighted by Crippen LogP contribution is -2.50. The van der Waals surface area contributed by atoms with Gasteiger partial charge in [0.2, 0.25) is 0 Å². The molecule has 0 atom stereocenters. The molecule has 128 valence electrons. The second kappa shape index (κ2) is 7.68. The highest BCUT2D eigenvalue weighted by Gasteiger charge is 2.25. The van der Waals surface area contributed by atoms with Crippen LogP contribution in [0.3, 0.4) is 0 Å². The molecule has 5 heteroatoms. The predicted molar refractivity (Wildman–Crippen MR) is 90.7 cm³/mol. The molecule has 0 saturated carbocycles. The molecule has 0 unspecified atom stereocenters. The zero-order valence-electron chi connectivity index (χ0n) is 14.4. The van der Waals surface area contributed by atoms with Gasteiger partial charge in [-0.2, -0.15) is 0 Å². The maximum atomic E-state index is 12.0. The van der Waals surface area contributed by atoms with Crippen LogP contribution in [-0.4, -0.2) is 59.3 Å². The number of ether oxygens (including phenoxy) is 1. The Labute approximate surface area is 138 Å². The number of benzene rings is 1. The predicted octanol–water partition coefficient (Wildman–Crippen LogP) is 2.88. The summed E-state index contributed by atoms with van der Waals surface area (Å²) in [5.74, 6) is 0.327. The van der Waals surface area contributed by atoms with Gasteiger partial charge in [0.15, 0.2) is 0 Å². The van der Waals surface area contributed by atoms with E-state index in [1.807, 2.05) is 39.0 Å². The number of phenolic OH excluding ortho intramolecular Hbond substituents is 1. The number of hydrogen-bond acceptors (Lipinski definition) is 4. The molecule has 0 bridgehead atoms. The van der Waals surface area contributed by atoms with Gasteiger partial charge in [-0.3, -0.25) is 4.90 Å². The molecule has 0 radical (unpaired) electrons. The van der Waals surface area contributed by atoms with E-state index in [1.165, 1.54) is 0 Å². The first-order chi connectivity index (χ1) is 10.8. The average molecular weight is 320 g/mol. The Balaban J connectivity index is 1.68. The molecule has 0 aliphatic carbocycles. The van der Waals surface area contributed by atoms with Gasteiger partial charge in [-0.25, -0.2) is 4.79 Å². The van der Waals surface area contributed by atoms with Crippen molar-refractivity contribution in [3.63, 3.8) is 0 Å². The second-order valence-corrected chi connectivity index (χ2v) is 7.08. The van der Waals surface area contributed by atoms with E-state index in [0.717, 1.165) is 51.1 Å². The molecule has 2 rings (SSSR count). The number of piperazine rings is 1. The van der Waals surface area contributed by atoms with E-state index in [9.17, 15) is 9.90 Å². The Hall–Kier alpha value is -1.75. The average Bonchev–Trinajstić information content (AvgIpc) is 2.46. The molecular formula is C18H28N2O3. The number of amides is 1. The maximum Gasteiger partial charge on any atom is 0.410 e. The SMILES string of the molecule is CC(C)(C)OC(=O)N1CCN(CCCc2cccc(O)c2)CC1. The first-order valence-electron chi connectivity index (χ1n) is 8.32. The van der Waals surface area contributed by atoms with E-state index in [1.54, 1.807) is 11.0 Å². The van der Waals surface area contributed by atoms with E-state index in [-0.39, 0.29) is 6.09 Å². The summed E-state index contributed by atoms with van der Waals surface area (Å²) >= 11 is 0. The fourth-order valence-corrected chi connectivity index (χ4v) is 2.70. The van der Waals surface area contributed by atoms with Gasteiger partial charge < -0.3 is 14.7 Å². The van der Waals surface area contributed by atoms with Gasteiger partial charge in [0.05, 0.1) is 0 Å². The molecule has 23 heavy (non-hydrogen) atoms. The molecule has 1 N–H and O–H groups in total. The quantitative estimate of drug-likeness (QED) is 0.927. The number of carbonyl (C=O) groups is 1. The molecule has 1 aromatic rings. The summed E-state index contributed by atoms with van der Waals surface area (Å²) in [6.07, 6.45) is 1.80. The van der Waals surface area contributed by atoms with Crippen LogP contribution in [0.2, 0.25) is 0 Å². The highest BCUT2D eigenvalue weighted by atomic mass is 16.6. The second-order valence-electron chi connectivity index (χ2n) is 7.08. The number of aryl methyl sites for hydroxylation is 1. The Bertz CT molecular complexity index is 517. The van der Waals surface area contributed by atoms with Crippen LogP contribution in [0.15, 0.2) is 24.3 Å². The zero-order chi connectivity index (χ0) is 16.9. The molecule has 1 fully saturated rings. The van der Waals surface area contributed by atoms with Crippen molar-refractivity contribution in [2.45, 2.75) is 39.2 Å². The van der Waals surface area contributed by atoms with Gasteiger partial charge >= 0.3 is 6.09 Å². The Morgan fingerprint density at radius 3 is 2.52 bits per heavy atom. The third-order valence-electron chi connectivity index (χ3n) is 3.87. The maximum absolute atomic E-state index is 12.0. The van der Waals surface area contributed by atoms with Gasteiger partial charge in [0, 0.05) is 26.2 Å². The molecule has 1 amide bonds. The molecule has 1 aromatic carbocycles. The third-order valence-corrected chi connectivity index (χ3v) is 3.87. The minimum Gasteiger partial charge on any atom is -0.508 e. The van der Waals surface area contributed by atoms with Crippen molar-refractivity contribution in [2.75, 3.05) is 32.7 Å². The summed E-state index contributed by atoms with van der Waals surface area (Å²) in [6, 6.07) is 7.43. The molecule has 1 aliphatic heterocycles. The normalized spacial score (nSPS) is 16.4. The minimum atomic E-state index is -0.435. The van der Waals surface area contributed by atoms with Crippen molar-refractivity contribution in [1.29, 1.82) is 0 Å². The van der Waals surface area contributed by atoms with Crippen LogP contribution in [0.1, 0.15) is 32.8 Å². The molecule has 5 nitrogen and oxygen atoms in total. The largest absolute Gasteiger partial charge is 0.508 e. The monoisotopic (exact) mass is 320 g/mol. The van der Waals surface area contributed by atoms with E-state index >= 15 is 0 Å². The fourth-order valence-electron chi connectivity index (χ4n) is 2.70. The lowest BCUT2D eigenvalue weighted by molar-refractivity contribution is 0.0145. The fraction of sp³-hybridized carbons (Fsp3) is 0.611. The molecule has 1 saturated heterocycles. The van der Waals surface area contributed by atoms with Gasteiger partial charge in [-0.05, 0) is 57.9 Å². The standard InChI is InChI=1S/C18H28N2O3/c1-18(2,3)23-17(22)20-12-10-19(11-13-20)9-5-7-15-6-4-8-16(21)14-15/h4,6,8,14,21H,5,7,9-13H2,1-3H3. The van der Waals surface area contributed by atoms with Crippen molar-refractivity contribution in [1.82, 2.24) is 9.80 Å². The lowest BCUT2D eigenvalue weighted by Gasteiger charge is -2.35. The van der Waals surface area contributed by atoms with Crippen LogP contribution in [-0.2, 0) is 11.2 Å². The van der Waals surface area contributed by atoms with Crippen LogP contribution in [0, 0.1) is 0 Å². The Morgan fingerprint density at radius 2 is 1.91 bits per heavy atom. The number of carbonyl (C=O) groups excluding carboxylic acids is 1. The van der Waals surface area contributed by atoms with Crippen molar-refractivity contribution in [3.05, 3.63) is 29.8 Å². The number of phenols is 1. The van der Waals surface area contributed by atoms with Gasteiger partial charge in [-0.1, -0.05) is 12.1 Å². The van der Waals surface area contributed by atoms with E-state index in [0.29, 0.717) is 5.75 Å². The first kappa shape index (κ1) is 17.6. The van der Waals surface area contributed by atoms with Crippen molar-refractivity contribution >= 4 is 6.09 Å². The number of rotatable bonds is 4. The molecule has 0 aromatic heterocycles. The van der Waals surface area contributed by atoms with Gasteiger partial charge in [-0.15, -0.1) is 0 Å². The van der Waals surface area contributed by atoms with Gasteiger partial charge in [0.1, 0.15) is 11.4 Å². The smallest absolute Gasteiger partial charge is 0.410 e. The molecular weight excluding hydrogens is 292 g/mol. The van der Waals surface area contributed by atoms with Crippen molar-refractivity contribution in [2.24, 2.45) is 0 Å². The van der Waals surface area contributed by atoms with E-state index in [4.69, 9.17) is 4.74 Å². The number of hydrogen-bond donors (Lipinski definition) is 1. The molecule has 1 aliphatic rings. The lowest BCUT2D eigenvalue weighted by atomic mass is 10.1. The first-order valence-corrected chi connectivity index (χ1v) is 8.32. The highest BCUT2D eigenvalue weighted by molar-refractivity contribution is 5.68. The van der Waals surface area contributed by atoms with Crippen molar-refractivity contribution in [3.8, 4) is 5.75 Å². The zero-order valence-corrected chi connectivity index (χ0v) is 14.4. The third kappa shape index (κ3) is 6.10. The summed E-state index contributed by atoms with van der Waals surface area (Å²) in [6.45, 7) is 9.91. The van der Waals surface area contributed by atoms with E-state index < -0.39 is 5.60 Å². The summed E-state index contributed by atoms with van der Waals surface area (Å²) in [7, 11) is 0. The topological polar surface area (TPSA) is 53.0 Å². The molecule has 0 spiro atoms. The van der Waals surface area contributed by atoms with Crippen LogP contribution >= 0.6 is 0 Å². The van der Waals surface area contributed by atoms with Gasteiger partial charge in [0.25, 0.3) is 0 Å². The Kier molecular flexibility index (Phi) is 5.88. The molecule has 1 heterocycles. The van der Waals surface area contributed by atoms with Crippen LogP contribution < -0.4 is 0 Å². The van der Waals surface area contributed by atoms with Crippen molar-refractivity contribution < 1.29 is 14.6 Å². The minimum absolute atomic E-state index is 0.211. The van der Waals surface area contributed by atoms with E-state index in [2.05, 4.69) is 4.90 Å². The van der Waals surface area contributed by atoms with Crippen LogP contribution in [0.4, 0.5) is 4.79 Å². The number of nitrogens with zero attached hydrogens (tertiary/aromatic N) is 2. The Morgan fingerprint density at radius 1 is 1.22 bits per heavy atom. The summed E-state index contributed by atoms with van der Waals surface area (Å²) in [4.78, 5) is 16.2. The summed E-state index contributed by atoms with van der Waals surface area (Å²) < 4.78 is 5.41. The summed E-state index contributed by atoms with van der Waals surface area (Å²) in [5, 5.41) is 9.46. The number of aromatic hydroxyl groups is 1. The van der Waals surface area contributed by atoms with Crippen LogP contribution in [0.5, 0.6) is 5.75 Å².